The molecule has 5 nitrogen and oxygen atoms in total. The molecule has 0 bridgehead atoms. The van der Waals surface area contributed by atoms with Crippen molar-refractivity contribution in [3.8, 4) is 11.8 Å². The fourth-order valence-electron chi connectivity index (χ4n) is 2.65. The molecule has 2 N–H and O–H groups in total. The summed E-state index contributed by atoms with van der Waals surface area (Å²) in [6, 6.07) is 17.2. The zero-order valence-electron chi connectivity index (χ0n) is 14.5. The maximum absolute atomic E-state index is 12.2. The molecule has 0 aliphatic heterocycles. The van der Waals surface area contributed by atoms with Crippen LogP contribution in [0.5, 0.6) is 0 Å². The van der Waals surface area contributed by atoms with E-state index < -0.39 is 5.97 Å². The number of aromatic nitrogens is 1. The Bertz CT molecular complexity index is 1040. The van der Waals surface area contributed by atoms with E-state index >= 15 is 0 Å². The molecule has 3 aromatic rings. The first kappa shape index (κ1) is 18.9. The van der Waals surface area contributed by atoms with Crippen LogP contribution in [0.4, 0.5) is 5.69 Å². The maximum atomic E-state index is 12.2. The Labute approximate surface area is 166 Å². The summed E-state index contributed by atoms with van der Waals surface area (Å²) in [6.45, 7) is 0. The number of nitrogens with two attached hydrogens (primary N) is 1. The third kappa shape index (κ3) is 3.80. The van der Waals surface area contributed by atoms with Crippen molar-refractivity contribution >= 4 is 35.0 Å². The van der Waals surface area contributed by atoms with E-state index in [1.165, 1.54) is 7.11 Å². The van der Waals surface area contributed by atoms with E-state index in [1.807, 2.05) is 54.6 Å². The van der Waals surface area contributed by atoms with Gasteiger partial charge in [0.15, 0.2) is 5.69 Å². The highest BCUT2D eigenvalue weighted by Gasteiger charge is 2.23. The molecule has 7 heteroatoms. The summed E-state index contributed by atoms with van der Waals surface area (Å²) in [7, 11) is 1.28. The number of halogens is 1. The predicted octanol–water partition coefficient (Wildman–Crippen LogP) is 4.66. The monoisotopic (exact) mass is 397 g/mol. The molecule has 27 heavy (non-hydrogen) atoms. The van der Waals surface area contributed by atoms with Crippen LogP contribution in [0.1, 0.15) is 21.6 Å². The normalized spacial score (nSPS) is 10.4. The van der Waals surface area contributed by atoms with Gasteiger partial charge in [-0.15, -0.1) is 11.8 Å². The van der Waals surface area contributed by atoms with E-state index in [2.05, 4.69) is 0 Å². The van der Waals surface area contributed by atoms with Gasteiger partial charge >= 0.3 is 5.97 Å². The second kappa shape index (κ2) is 8.21. The molecule has 0 saturated heterocycles. The molecule has 0 fully saturated rings. The second-order valence-corrected chi connectivity index (χ2v) is 7.05. The van der Waals surface area contributed by atoms with Crippen LogP contribution in [0.3, 0.4) is 0 Å². The van der Waals surface area contributed by atoms with Gasteiger partial charge in [-0.05, 0) is 23.8 Å². The summed E-state index contributed by atoms with van der Waals surface area (Å²) in [5, 5.41) is 10.00. The van der Waals surface area contributed by atoms with Gasteiger partial charge in [0, 0.05) is 21.9 Å². The molecule has 1 aromatic heterocycles. The lowest BCUT2D eigenvalue weighted by atomic mass is 10.2. The van der Waals surface area contributed by atoms with Crippen molar-refractivity contribution in [1.29, 1.82) is 5.26 Å². The van der Waals surface area contributed by atoms with Gasteiger partial charge in [0.1, 0.15) is 6.07 Å². The number of hydrogen-bond donors (Lipinski definition) is 1. The van der Waals surface area contributed by atoms with Gasteiger partial charge in [0.05, 0.1) is 24.0 Å². The molecule has 136 valence electrons. The molecule has 0 amide bonds. The van der Waals surface area contributed by atoms with Crippen molar-refractivity contribution in [2.45, 2.75) is 10.6 Å². The number of para-hydroxylation sites is 1. The Morgan fingerprint density at radius 3 is 2.67 bits per heavy atom. The van der Waals surface area contributed by atoms with E-state index in [0.29, 0.717) is 10.8 Å². The minimum atomic E-state index is -0.597. The highest BCUT2D eigenvalue weighted by molar-refractivity contribution is 7.98. The fraction of sp³-hybridized carbons (Fsp3) is 0.100. The summed E-state index contributed by atoms with van der Waals surface area (Å²) >= 11 is 7.82. The summed E-state index contributed by atoms with van der Waals surface area (Å²) in [4.78, 5) is 13.2. The third-order valence-corrected chi connectivity index (χ3v) is 5.49. The van der Waals surface area contributed by atoms with Crippen molar-refractivity contribution in [3.05, 3.63) is 76.6 Å². The third-order valence-electron chi connectivity index (χ3n) is 4.01. The smallest absolute Gasteiger partial charge is 0.357 e. The van der Waals surface area contributed by atoms with Crippen LogP contribution in [0.2, 0.25) is 5.02 Å². The quantitative estimate of drug-likeness (QED) is 0.500. The molecular weight excluding hydrogens is 382 g/mol. The van der Waals surface area contributed by atoms with Crippen molar-refractivity contribution in [1.82, 2.24) is 4.57 Å². The number of anilines is 1. The average Bonchev–Trinajstić information content (AvgIpc) is 3.03. The second-order valence-electron chi connectivity index (χ2n) is 5.63. The Hall–Kier alpha value is -2.88. The van der Waals surface area contributed by atoms with Crippen LogP contribution in [0.25, 0.3) is 5.69 Å². The Morgan fingerprint density at radius 1 is 1.26 bits per heavy atom. The van der Waals surface area contributed by atoms with Gasteiger partial charge in [-0.2, -0.15) is 5.26 Å². The van der Waals surface area contributed by atoms with Crippen LogP contribution in [0.15, 0.2) is 59.6 Å². The highest BCUT2D eigenvalue weighted by Crippen LogP contribution is 2.33. The summed E-state index contributed by atoms with van der Waals surface area (Å²) in [6.07, 6.45) is 1.55. The number of hydrogen-bond acceptors (Lipinski definition) is 5. The van der Waals surface area contributed by atoms with E-state index in [1.54, 1.807) is 22.5 Å². The summed E-state index contributed by atoms with van der Waals surface area (Å²) in [5.41, 5.74) is 8.21. The lowest BCUT2D eigenvalue weighted by molar-refractivity contribution is 0.0593. The summed E-state index contributed by atoms with van der Waals surface area (Å²) in [5.74, 6) is 0.0615. The van der Waals surface area contributed by atoms with Crippen LogP contribution in [0, 0.1) is 11.3 Å². The Morgan fingerprint density at radius 2 is 1.96 bits per heavy atom. The topological polar surface area (TPSA) is 81.0 Å². The molecule has 3 rings (SSSR count). The minimum Gasteiger partial charge on any atom is -0.464 e. The van der Waals surface area contributed by atoms with Crippen LogP contribution in [-0.2, 0) is 10.5 Å². The lowest BCUT2D eigenvalue weighted by Gasteiger charge is -2.13. The average molecular weight is 398 g/mol. The number of rotatable bonds is 5. The Balaban J connectivity index is 2.03. The van der Waals surface area contributed by atoms with Crippen molar-refractivity contribution in [2.24, 2.45) is 0 Å². The highest BCUT2D eigenvalue weighted by atomic mass is 35.5. The zero-order valence-corrected chi connectivity index (χ0v) is 16.1. The van der Waals surface area contributed by atoms with Gasteiger partial charge < -0.3 is 15.0 Å². The number of nitrogen functional groups attached to an aromatic ring is 1. The number of nitriles is 1. The molecule has 0 atom stereocenters. The largest absolute Gasteiger partial charge is 0.464 e. The van der Waals surface area contributed by atoms with Crippen LogP contribution < -0.4 is 5.73 Å². The number of benzene rings is 2. The molecular formula is C20H16ClN3O2S. The van der Waals surface area contributed by atoms with Gasteiger partial charge in [0.25, 0.3) is 0 Å². The predicted molar refractivity (Wildman–Crippen MR) is 107 cm³/mol. The molecule has 0 aliphatic carbocycles. The SMILES string of the molecule is COC(=O)c1c(N)c(C#N)cn1-c1ccccc1SCc1ccccc1Cl. The maximum Gasteiger partial charge on any atom is 0.357 e. The van der Waals surface area contributed by atoms with Crippen molar-refractivity contribution in [2.75, 3.05) is 12.8 Å². The number of esters is 1. The van der Waals surface area contributed by atoms with Crippen LogP contribution in [-0.4, -0.2) is 17.6 Å². The minimum absolute atomic E-state index is 0.107. The van der Waals surface area contributed by atoms with Gasteiger partial charge in [-0.1, -0.05) is 41.9 Å². The van der Waals surface area contributed by atoms with Crippen LogP contribution >= 0.6 is 23.4 Å². The number of carbonyl (C=O) groups is 1. The van der Waals surface area contributed by atoms with E-state index in [-0.39, 0.29) is 16.9 Å². The number of nitrogens with zero attached hydrogens (tertiary/aromatic N) is 2. The van der Waals surface area contributed by atoms with Crippen molar-refractivity contribution < 1.29 is 9.53 Å². The molecule has 0 radical (unpaired) electrons. The fourth-order valence-corrected chi connectivity index (χ4v) is 3.99. The van der Waals surface area contributed by atoms with E-state index in [0.717, 1.165) is 16.1 Å². The molecule has 0 aliphatic rings. The molecule has 0 spiro atoms. The van der Waals surface area contributed by atoms with Gasteiger partial charge in [0.2, 0.25) is 0 Å². The number of thioether (sulfide) groups is 1. The zero-order chi connectivity index (χ0) is 19.4. The van der Waals surface area contributed by atoms with Gasteiger partial charge in [-0.3, -0.25) is 0 Å². The number of carbonyl (C=O) groups excluding carboxylic acids is 1. The summed E-state index contributed by atoms with van der Waals surface area (Å²) < 4.78 is 6.45. The first-order chi connectivity index (χ1) is 13.1. The van der Waals surface area contributed by atoms with Crippen molar-refractivity contribution in [3.63, 3.8) is 0 Å². The molecule has 2 aromatic carbocycles. The van der Waals surface area contributed by atoms with Gasteiger partial charge in [-0.25, -0.2) is 4.79 Å². The van der Waals surface area contributed by atoms with E-state index in [4.69, 9.17) is 22.1 Å². The number of methoxy groups -OCH3 is 1. The first-order valence-electron chi connectivity index (χ1n) is 8.01. The Kier molecular flexibility index (Phi) is 5.75. The number of ether oxygens (including phenoxy) is 1. The van der Waals surface area contributed by atoms with E-state index in [9.17, 15) is 10.1 Å². The molecule has 0 saturated carbocycles. The first-order valence-corrected chi connectivity index (χ1v) is 9.38. The lowest BCUT2D eigenvalue weighted by Crippen LogP contribution is -2.11. The standard InChI is InChI=1S/C20H16ClN3O2S/c1-26-20(25)19-18(23)14(10-22)11-24(19)16-8-4-5-9-17(16)27-12-13-6-2-3-7-15(13)21/h2-9,11H,12,23H2,1H3. The molecule has 0 unspecified atom stereocenters. The molecule has 1 heterocycles.